The van der Waals surface area contributed by atoms with Gasteiger partial charge < -0.3 is 10.1 Å². The van der Waals surface area contributed by atoms with Gasteiger partial charge in [-0.2, -0.15) is 13.2 Å². The Morgan fingerprint density at radius 2 is 2.05 bits per heavy atom. The summed E-state index contributed by atoms with van der Waals surface area (Å²) in [4.78, 5) is 4.05. The Bertz CT molecular complexity index is 428. The van der Waals surface area contributed by atoms with Crippen molar-refractivity contribution in [1.29, 1.82) is 0 Å². The van der Waals surface area contributed by atoms with Crippen LogP contribution in [0.1, 0.15) is 43.5 Å². The number of hydrogen-bond acceptors (Lipinski definition) is 3. The highest BCUT2D eigenvalue weighted by Crippen LogP contribution is 2.32. The van der Waals surface area contributed by atoms with Crippen LogP contribution in [0.2, 0.25) is 0 Å². The second-order valence-electron chi connectivity index (χ2n) is 5.35. The number of ether oxygens (including phenoxy) is 1. The average molecular weight is 302 g/mol. The molecule has 1 unspecified atom stereocenters. The third-order valence-corrected chi connectivity index (χ3v) is 3.78. The van der Waals surface area contributed by atoms with E-state index in [4.69, 9.17) is 4.74 Å². The second-order valence-corrected chi connectivity index (χ2v) is 5.35. The van der Waals surface area contributed by atoms with Gasteiger partial charge >= 0.3 is 6.18 Å². The molecule has 1 aromatic heterocycles. The summed E-state index contributed by atoms with van der Waals surface area (Å²) in [5.74, 6) is 0.356. The van der Waals surface area contributed by atoms with Crippen LogP contribution in [0.25, 0.3) is 0 Å². The molecule has 0 amide bonds. The number of alkyl halides is 3. The van der Waals surface area contributed by atoms with Crippen LogP contribution < -0.4 is 5.32 Å². The van der Waals surface area contributed by atoms with Gasteiger partial charge in [-0.25, -0.2) is 0 Å². The van der Waals surface area contributed by atoms with E-state index < -0.39 is 11.7 Å². The van der Waals surface area contributed by atoms with E-state index in [0.717, 1.165) is 38.1 Å². The molecule has 0 bridgehead atoms. The number of halogens is 3. The maximum Gasteiger partial charge on any atom is 0.417 e. The molecule has 0 radical (unpaired) electrons. The molecule has 21 heavy (non-hydrogen) atoms. The second kappa shape index (κ2) is 7.22. The van der Waals surface area contributed by atoms with Gasteiger partial charge in [0, 0.05) is 19.4 Å². The van der Waals surface area contributed by atoms with Crippen LogP contribution in [0, 0.1) is 5.92 Å². The Hall–Kier alpha value is -1.14. The number of nitrogens with zero attached hydrogens (tertiary/aromatic N) is 1. The molecule has 118 valence electrons. The fourth-order valence-electron chi connectivity index (χ4n) is 2.62. The van der Waals surface area contributed by atoms with Crippen molar-refractivity contribution in [1.82, 2.24) is 10.3 Å². The van der Waals surface area contributed by atoms with E-state index in [0.29, 0.717) is 24.8 Å². The predicted octanol–water partition coefficient (Wildman–Crippen LogP) is 3.57. The molecule has 0 spiro atoms. The van der Waals surface area contributed by atoms with Crippen molar-refractivity contribution in [2.24, 2.45) is 5.92 Å². The Morgan fingerprint density at radius 1 is 1.33 bits per heavy atom. The van der Waals surface area contributed by atoms with E-state index in [9.17, 15) is 13.2 Å². The maximum atomic E-state index is 12.6. The number of nitrogens with one attached hydrogen (secondary N) is 1. The fraction of sp³-hybridized carbons (Fsp3) is 0.667. The van der Waals surface area contributed by atoms with E-state index in [2.05, 4.69) is 17.2 Å². The minimum atomic E-state index is -4.34. The molecule has 0 aliphatic carbocycles. The lowest BCUT2D eigenvalue weighted by atomic mass is 9.89. The average Bonchev–Trinajstić information content (AvgIpc) is 2.48. The lowest BCUT2D eigenvalue weighted by Gasteiger charge is -2.31. The van der Waals surface area contributed by atoms with Gasteiger partial charge in [0.1, 0.15) is 0 Å². The first-order valence-corrected chi connectivity index (χ1v) is 7.36. The summed E-state index contributed by atoms with van der Waals surface area (Å²) in [5.41, 5.74) is -0.0178. The first-order valence-electron chi connectivity index (χ1n) is 7.36. The molecule has 0 saturated carbocycles. The number of rotatable bonds is 5. The molecule has 1 fully saturated rings. The van der Waals surface area contributed by atoms with Crippen LogP contribution in [0.5, 0.6) is 0 Å². The van der Waals surface area contributed by atoms with Crippen LogP contribution in [0.3, 0.4) is 0 Å². The summed E-state index contributed by atoms with van der Waals surface area (Å²) in [6, 6.07) is 2.60. The van der Waals surface area contributed by atoms with Gasteiger partial charge in [0.05, 0.1) is 17.3 Å². The van der Waals surface area contributed by atoms with E-state index in [1.54, 1.807) is 0 Å². The molecule has 1 N–H and O–H groups in total. The molecule has 1 aliphatic heterocycles. The summed E-state index contributed by atoms with van der Waals surface area (Å²) in [6.45, 7) is 4.30. The van der Waals surface area contributed by atoms with Crippen LogP contribution in [-0.4, -0.2) is 24.7 Å². The normalized spacial score (nSPS) is 18.7. The quantitative estimate of drug-likeness (QED) is 0.903. The lowest BCUT2D eigenvalue weighted by molar-refractivity contribution is -0.137. The topological polar surface area (TPSA) is 34.2 Å². The monoisotopic (exact) mass is 302 g/mol. The minimum absolute atomic E-state index is 0.00358. The largest absolute Gasteiger partial charge is 0.417 e. The van der Waals surface area contributed by atoms with Crippen molar-refractivity contribution in [3.8, 4) is 0 Å². The van der Waals surface area contributed by atoms with Crippen LogP contribution in [0.15, 0.2) is 18.3 Å². The third kappa shape index (κ3) is 4.41. The van der Waals surface area contributed by atoms with Gasteiger partial charge in [0.2, 0.25) is 0 Å². The van der Waals surface area contributed by atoms with Crippen LogP contribution in [-0.2, 0) is 10.9 Å². The molecule has 1 aliphatic rings. The smallest absolute Gasteiger partial charge is 0.381 e. The molecule has 1 aromatic rings. The highest BCUT2D eigenvalue weighted by molar-refractivity contribution is 5.19. The van der Waals surface area contributed by atoms with E-state index >= 15 is 0 Å². The highest BCUT2D eigenvalue weighted by Gasteiger charge is 2.32. The number of aromatic nitrogens is 1. The minimum Gasteiger partial charge on any atom is -0.381 e. The van der Waals surface area contributed by atoms with Crippen LogP contribution >= 0.6 is 0 Å². The highest BCUT2D eigenvalue weighted by atomic mass is 19.4. The van der Waals surface area contributed by atoms with Crippen molar-refractivity contribution in [3.63, 3.8) is 0 Å². The van der Waals surface area contributed by atoms with Gasteiger partial charge in [-0.15, -0.1) is 0 Å². The summed E-state index contributed by atoms with van der Waals surface area (Å²) < 4.78 is 43.2. The van der Waals surface area contributed by atoms with Crippen molar-refractivity contribution < 1.29 is 17.9 Å². The van der Waals surface area contributed by atoms with Crippen molar-refractivity contribution in [3.05, 3.63) is 29.6 Å². The summed E-state index contributed by atoms with van der Waals surface area (Å²) >= 11 is 0. The van der Waals surface area contributed by atoms with Crippen LogP contribution in [0.4, 0.5) is 13.2 Å². The van der Waals surface area contributed by atoms with Gasteiger partial charge in [-0.1, -0.05) is 6.92 Å². The third-order valence-electron chi connectivity index (χ3n) is 3.78. The first kappa shape index (κ1) is 16.2. The molecule has 6 heteroatoms. The Balaban J connectivity index is 2.15. The Labute approximate surface area is 122 Å². The molecule has 2 heterocycles. The number of pyridine rings is 1. The fourth-order valence-corrected chi connectivity index (χ4v) is 2.62. The molecule has 1 atom stereocenters. The summed E-state index contributed by atoms with van der Waals surface area (Å²) in [6.07, 6.45) is -0.625. The zero-order valence-corrected chi connectivity index (χ0v) is 12.1. The van der Waals surface area contributed by atoms with Gasteiger partial charge in [0.25, 0.3) is 0 Å². The van der Waals surface area contributed by atoms with Gasteiger partial charge in [0.15, 0.2) is 0 Å². The maximum absolute atomic E-state index is 12.6. The van der Waals surface area contributed by atoms with E-state index in [1.807, 2.05) is 0 Å². The van der Waals surface area contributed by atoms with Gasteiger partial charge in [-0.05, 0) is 43.9 Å². The van der Waals surface area contributed by atoms with E-state index in [1.165, 1.54) is 6.07 Å². The van der Waals surface area contributed by atoms with Gasteiger partial charge in [-0.3, -0.25) is 4.98 Å². The zero-order valence-electron chi connectivity index (χ0n) is 12.1. The summed E-state index contributed by atoms with van der Waals surface area (Å²) in [5, 5.41) is 3.41. The van der Waals surface area contributed by atoms with Crippen molar-refractivity contribution >= 4 is 0 Å². The first-order chi connectivity index (χ1) is 10.0. The Kier molecular flexibility index (Phi) is 5.58. The van der Waals surface area contributed by atoms with E-state index in [-0.39, 0.29) is 6.04 Å². The summed E-state index contributed by atoms with van der Waals surface area (Å²) in [7, 11) is 0. The Morgan fingerprint density at radius 3 is 2.57 bits per heavy atom. The van der Waals surface area contributed by atoms with Crippen molar-refractivity contribution in [2.45, 2.75) is 38.4 Å². The standard InChI is InChI=1S/C15H21F3N2O/c1-2-7-19-14(11-5-8-21-9-6-11)13-4-3-12(10-20-13)15(16,17)18/h3-4,10-11,14,19H,2,5-9H2,1H3. The SMILES string of the molecule is CCCNC(c1ccc(C(F)(F)F)cn1)C1CCOCC1. The molecule has 3 nitrogen and oxygen atoms in total. The van der Waals surface area contributed by atoms with Crippen molar-refractivity contribution in [2.75, 3.05) is 19.8 Å². The molecular formula is C15H21F3N2O. The molecule has 2 rings (SSSR count). The molecular weight excluding hydrogens is 281 g/mol. The predicted molar refractivity (Wildman–Crippen MR) is 73.8 cm³/mol. The zero-order chi connectivity index (χ0) is 15.3. The molecule has 0 aromatic carbocycles. The molecule has 1 saturated heterocycles. The number of hydrogen-bond donors (Lipinski definition) is 1. The lowest BCUT2D eigenvalue weighted by Crippen LogP contribution is -2.33.